The van der Waals surface area contributed by atoms with Crippen molar-refractivity contribution in [2.75, 3.05) is 33.8 Å². The quantitative estimate of drug-likeness (QED) is 0.473. The largest absolute Gasteiger partial charge is 0.548 e. The zero-order valence-electron chi connectivity index (χ0n) is 10.1. The number of aliphatic hydroxyl groups excluding tert-OH is 1. The molecule has 0 bridgehead atoms. The monoisotopic (exact) mass is 231 g/mol. The first-order valence-electron chi connectivity index (χ1n) is 5.35. The summed E-state index contributed by atoms with van der Waals surface area (Å²) in [4.78, 5) is 15.5. The van der Waals surface area contributed by atoms with E-state index < -0.39 is 12.0 Å². The fourth-order valence-electron chi connectivity index (χ4n) is 1.13. The molecule has 0 spiro atoms. The van der Waals surface area contributed by atoms with Gasteiger partial charge in [-0.1, -0.05) is 0 Å². The summed E-state index contributed by atoms with van der Waals surface area (Å²) in [6.07, 6.45) is 0.527. The number of nitrogens with one attached hydrogen (secondary N) is 2. The number of aliphatic hydroxyl groups is 1. The topological polar surface area (TPSA) is 89.2 Å². The van der Waals surface area contributed by atoms with Gasteiger partial charge >= 0.3 is 0 Å². The number of aliphatic imine (C=N–C) groups is 1. The maximum Gasteiger partial charge on any atom is 0.100 e. The van der Waals surface area contributed by atoms with E-state index in [0.29, 0.717) is 25.4 Å². The fraction of sp³-hybridized carbons (Fsp3) is 0.800. The van der Waals surface area contributed by atoms with Gasteiger partial charge in [0.1, 0.15) is 6.54 Å². The molecule has 6 nitrogen and oxygen atoms in total. The number of carboxylic acid groups (broad SMARTS) is 1. The van der Waals surface area contributed by atoms with E-state index in [4.69, 9.17) is 5.11 Å². The van der Waals surface area contributed by atoms with Gasteiger partial charge in [-0.15, -0.1) is 0 Å². The summed E-state index contributed by atoms with van der Waals surface area (Å²) in [5, 5.41) is 21.2. The molecule has 0 aliphatic carbocycles. The van der Waals surface area contributed by atoms with Crippen LogP contribution in [0.2, 0.25) is 0 Å². The highest BCUT2D eigenvalue weighted by Gasteiger charge is 2.12. The van der Waals surface area contributed by atoms with Crippen LogP contribution in [0.5, 0.6) is 0 Å². The standard InChI is InChI=1S/C6H10N2O2.C4H11NO/c1-4-7-3-2-5(8-4)6(9)10;1-5(2)3-4-6/h5H,2-3H2,1H3,(H,7,8)(H,9,10);6H,3-4H2,1-2H3. The number of rotatable bonds is 3. The van der Waals surface area contributed by atoms with Gasteiger partial charge in [0.05, 0.1) is 38.5 Å². The van der Waals surface area contributed by atoms with Crippen molar-refractivity contribution in [3.63, 3.8) is 0 Å². The second-order valence-electron chi connectivity index (χ2n) is 3.95. The Labute approximate surface area is 96.0 Å². The Balaban J connectivity index is 0.000000325. The summed E-state index contributed by atoms with van der Waals surface area (Å²) in [5.41, 5.74) is 0. The number of quaternary nitrogens is 1. The summed E-state index contributed by atoms with van der Waals surface area (Å²) >= 11 is 0. The van der Waals surface area contributed by atoms with E-state index in [1.807, 2.05) is 14.1 Å². The van der Waals surface area contributed by atoms with E-state index in [1.165, 1.54) is 4.90 Å². The van der Waals surface area contributed by atoms with Gasteiger partial charge < -0.3 is 25.2 Å². The molecule has 6 heteroatoms. The lowest BCUT2D eigenvalue weighted by Crippen LogP contribution is -3.06. The first-order chi connectivity index (χ1) is 7.47. The first-order valence-corrected chi connectivity index (χ1v) is 5.35. The smallest absolute Gasteiger partial charge is 0.100 e. The van der Waals surface area contributed by atoms with Crippen LogP contribution in [0.1, 0.15) is 13.3 Å². The molecule has 3 N–H and O–H groups in total. The molecule has 0 aromatic carbocycles. The minimum atomic E-state index is -1.05. The van der Waals surface area contributed by atoms with E-state index in [-0.39, 0.29) is 0 Å². The fourth-order valence-corrected chi connectivity index (χ4v) is 1.13. The van der Waals surface area contributed by atoms with Crippen molar-refractivity contribution in [3.05, 3.63) is 0 Å². The number of amidine groups is 1. The molecule has 0 saturated heterocycles. The summed E-state index contributed by atoms with van der Waals surface area (Å²) in [7, 11) is 4.02. The van der Waals surface area contributed by atoms with Gasteiger partial charge in [-0.25, -0.2) is 0 Å². The molecule has 1 atom stereocenters. The Morgan fingerprint density at radius 1 is 1.69 bits per heavy atom. The average molecular weight is 231 g/mol. The van der Waals surface area contributed by atoms with Crippen LogP contribution >= 0.6 is 0 Å². The molecule has 16 heavy (non-hydrogen) atoms. The maximum absolute atomic E-state index is 10.3. The maximum atomic E-state index is 10.3. The third kappa shape index (κ3) is 7.19. The number of aliphatic carboxylic acids is 1. The van der Waals surface area contributed by atoms with E-state index in [0.717, 1.165) is 6.54 Å². The number of likely N-dealkylation sites (N-methyl/N-ethyl adjacent to an activating group) is 1. The second kappa shape index (κ2) is 8.06. The van der Waals surface area contributed by atoms with Crippen LogP contribution in [0.15, 0.2) is 4.99 Å². The van der Waals surface area contributed by atoms with Gasteiger partial charge in [0.15, 0.2) is 0 Å². The second-order valence-corrected chi connectivity index (χ2v) is 3.95. The van der Waals surface area contributed by atoms with Crippen molar-refractivity contribution in [2.24, 2.45) is 4.99 Å². The first kappa shape index (κ1) is 14.9. The van der Waals surface area contributed by atoms with Crippen LogP contribution in [0.25, 0.3) is 0 Å². The van der Waals surface area contributed by atoms with Crippen molar-refractivity contribution in [2.45, 2.75) is 19.4 Å². The number of hydrogen-bond donors (Lipinski definition) is 3. The van der Waals surface area contributed by atoms with Crippen LogP contribution in [0.3, 0.4) is 0 Å². The lowest BCUT2D eigenvalue weighted by atomic mass is 10.2. The molecule has 1 aliphatic rings. The van der Waals surface area contributed by atoms with E-state index in [2.05, 4.69) is 10.3 Å². The predicted octanol–water partition coefficient (Wildman–Crippen LogP) is -3.36. The van der Waals surface area contributed by atoms with E-state index >= 15 is 0 Å². The molecule has 1 unspecified atom stereocenters. The van der Waals surface area contributed by atoms with Crippen molar-refractivity contribution in [1.29, 1.82) is 0 Å². The van der Waals surface area contributed by atoms with Gasteiger partial charge in [0.2, 0.25) is 0 Å². The molecular formula is C10H21N3O3. The normalized spacial score (nSPS) is 19.3. The molecular weight excluding hydrogens is 210 g/mol. The summed E-state index contributed by atoms with van der Waals surface area (Å²) in [6, 6.07) is -0.544. The van der Waals surface area contributed by atoms with Crippen molar-refractivity contribution in [1.82, 2.24) is 5.32 Å². The molecule has 1 heterocycles. The third-order valence-electron chi connectivity index (χ3n) is 2.05. The zero-order chi connectivity index (χ0) is 12.6. The van der Waals surface area contributed by atoms with Gasteiger partial charge in [-0.05, 0) is 13.3 Å². The number of nitrogens with zero attached hydrogens (tertiary/aromatic N) is 1. The lowest BCUT2D eigenvalue weighted by molar-refractivity contribution is -0.858. The molecule has 1 rings (SSSR count). The molecule has 0 aromatic rings. The van der Waals surface area contributed by atoms with Gasteiger partial charge in [0, 0.05) is 6.54 Å². The summed E-state index contributed by atoms with van der Waals surface area (Å²) in [6.45, 7) is 3.47. The van der Waals surface area contributed by atoms with Gasteiger partial charge in [0.25, 0.3) is 0 Å². The van der Waals surface area contributed by atoms with Gasteiger partial charge in [-0.2, -0.15) is 0 Å². The van der Waals surface area contributed by atoms with Crippen LogP contribution in [0.4, 0.5) is 0 Å². The Hall–Kier alpha value is -1.14. The van der Waals surface area contributed by atoms with E-state index in [1.54, 1.807) is 6.92 Å². The van der Waals surface area contributed by atoms with Crippen molar-refractivity contribution >= 4 is 11.8 Å². The number of carbonyl (C=O) groups excluding carboxylic acids is 1. The van der Waals surface area contributed by atoms with Crippen LogP contribution < -0.4 is 15.3 Å². The molecule has 0 fully saturated rings. The highest BCUT2D eigenvalue weighted by molar-refractivity contribution is 5.85. The molecule has 0 saturated carbocycles. The van der Waals surface area contributed by atoms with Crippen LogP contribution in [0, 0.1) is 0 Å². The molecule has 0 aromatic heterocycles. The highest BCUT2D eigenvalue weighted by atomic mass is 16.4. The SMILES string of the molecule is CC1=NCCC(C(=O)[O-])N1.C[NH+](C)CCO. The van der Waals surface area contributed by atoms with Crippen molar-refractivity contribution in [3.8, 4) is 0 Å². The van der Waals surface area contributed by atoms with E-state index in [9.17, 15) is 9.90 Å². The summed E-state index contributed by atoms with van der Waals surface area (Å²) in [5.74, 6) is -0.366. The minimum absolute atomic E-state index is 0.294. The predicted molar refractivity (Wildman–Crippen MR) is 59.3 cm³/mol. The molecule has 1 aliphatic heterocycles. The minimum Gasteiger partial charge on any atom is -0.548 e. The molecule has 0 amide bonds. The molecule has 0 radical (unpaired) electrons. The third-order valence-corrected chi connectivity index (χ3v) is 2.05. The number of carbonyl (C=O) groups is 1. The zero-order valence-corrected chi connectivity index (χ0v) is 10.1. The number of carboxylic acids is 1. The summed E-state index contributed by atoms with van der Waals surface area (Å²) < 4.78 is 0. The number of hydrogen-bond acceptors (Lipinski definition) is 5. The Bertz CT molecular complexity index is 241. The van der Waals surface area contributed by atoms with Gasteiger partial charge in [-0.3, -0.25) is 4.99 Å². The Morgan fingerprint density at radius 2 is 2.31 bits per heavy atom. The van der Waals surface area contributed by atoms with Crippen molar-refractivity contribution < 1.29 is 19.9 Å². The Morgan fingerprint density at radius 3 is 2.56 bits per heavy atom. The van der Waals surface area contributed by atoms with Crippen LogP contribution in [-0.4, -0.2) is 56.7 Å². The average Bonchev–Trinajstić information content (AvgIpc) is 2.18. The highest BCUT2D eigenvalue weighted by Crippen LogP contribution is 1.97. The lowest BCUT2D eigenvalue weighted by Gasteiger charge is -2.23. The molecule has 94 valence electrons. The van der Waals surface area contributed by atoms with Crippen LogP contribution in [-0.2, 0) is 4.79 Å². The Kier molecular flexibility index (Phi) is 7.49.